The van der Waals surface area contributed by atoms with Crippen LogP contribution in [0.1, 0.15) is 5.82 Å². The molecule has 0 aliphatic heterocycles. The molecule has 202 valence electrons. The van der Waals surface area contributed by atoms with Gasteiger partial charge in [0.05, 0.1) is 16.7 Å². The number of imidazole rings is 1. The van der Waals surface area contributed by atoms with Crippen LogP contribution in [0.3, 0.4) is 0 Å². The van der Waals surface area contributed by atoms with Gasteiger partial charge in [0.25, 0.3) is 0 Å². The fourth-order valence-corrected chi connectivity index (χ4v) is 8.03. The number of nitrogens with zero attached hydrogens (tertiary/aromatic N) is 2. The van der Waals surface area contributed by atoms with Gasteiger partial charge in [0, 0.05) is 25.7 Å². The molecule has 0 bridgehead atoms. The van der Waals surface area contributed by atoms with Crippen molar-refractivity contribution in [1.29, 1.82) is 0 Å². The standard InChI is InChI=1S/C40H26N2S/c1-25-41-34-18-8-10-20-36(34)42(25)35-19-9-6-17-32(35)40-30-15-4-2-13-28(30)39(29-14-3-5-16-31(29)40)26-22-23-38-33(24-26)27-12-7-11-21-37(27)43-38/h2-24H,1H3. The molecule has 0 N–H and O–H groups in total. The van der Waals surface area contributed by atoms with E-state index in [1.165, 1.54) is 64.0 Å². The molecule has 7 aromatic carbocycles. The summed E-state index contributed by atoms with van der Waals surface area (Å²) in [6, 6.07) is 50.7. The van der Waals surface area contributed by atoms with Crippen molar-refractivity contribution in [2.45, 2.75) is 6.92 Å². The molecule has 0 amide bonds. The molecule has 9 aromatic rings. The number of aryl methyl sites for hydroxylation is 1. The molecule has 43 heavy (non-hydrogen) atoms. The van der Waals surface area contributed by atoms with Crippen LogP contribution in [0.2, 0.25) is 0 Å². The molecule has 0 unspecified atom stereocenters. The third kappa shape index (κ3) is 3.62. The molecule has 0 radical (unpaired) electrons. The van der Waals surface area contributed by atoms with Crippen LogP contribution in [-0.4, -0.2) is 9.55 Å². The predicted molar refractivity (Wildman–Crippen MR) is 185 cm³/mol. The molecule has 0 atom stereocenters. The van der Waals surface area contributed by atoms with E-state index in [1.54, 1.807) is 0 Å². The van der Waals surface area contributed by atoms with Crippen LogP contribution in [0.15, 0.2) is 140 Å². The lowest BCUT2D eigenvalue weighted by Crippen LogP contribution is -2.00. The Morgan fingerprint density at radius 2 is 1.09 bits per heavy atom. The first kappa shape index (κ1) is 24.4. The number of aromatic nitrogens is 2. The monoisotopic (exact) mass is 566 g/mol. The topological polar surface area (TPSA) is 17.8 Å². The first-order valence-electron chi connectivity index (χ1n) is 14.7. The van der Waals surface area contributed by atoms with Crippen LogP contribution in [-0.2, 0) is 0 Å². The van der Waals surface area contributed by atoms with E-state index in [9.17, 15) is 0 Å². The quantitative estimate of drug-likeness (QED) is 0.195. The van der Waals surface area contributed by atoms with Gasteiger partial charge in [0.15, 0.2) is 0 Å². The Balaban J connectivity index is 1.38. The van der Waals surface area contributed by atoms with Crippen molar-refractivity contribution in [3.63, 3.8) is 0 Å². The summed E-state index contributed by atoms with van der Waals surface area (Å²) in [7, 11) is 0. The Morgan fingerprint density at radius 1 is 0.512 bits per heavy atom. The van der Waals surface area contributed by atoms with E-state index >= 15 is 0 Å². The average Bonchev–Trinajstić information content (AvgIpc) is 3.60. The second-order valence-electron chi connectivity index (χ2n) is 11.2. The molecule has 0 saturated carbocycles. The zero-order valence-electron chi connectivity index (χ0n) is 23.6. The van der Waals surface area contributed by atoms with Crippen LogP contribution in [0.5, 0.6) is 0 Å². The smallest absolute Gasteiger partial charge is 0.111 e. The van der Waals surface area contributed by atoms with E-state index in [2.05, 4.69) is 151 Å². The highest BCUT2D eigenvalue weighted by Gasteiger charge is 2.20. The second kappa shape index (κ2) is 9.38. The summed E-state index contributed by atoms with van der Waals surface area (Å²) < 4.78 is 4.96. The lowest BCUT2D eigenvalue weighted by Gasteiger charge is -2.20. The van der Waals surface area contributed by atoms with Gasteiger partial charge in [-0.2, -0.15) is 0 Å². The van der Waals surface area contributed by atoms with E-state index in [4.69, 9.17) is 4.98 Å². The van der Waals surface area contributed by atoms with Crippen LogP contribution in [0.4, 0.5) is 0 Å². The van der Waals surface area contributed by atoms with Gasteiger partial charge in [-0.05, 0) is 81.6 Å². The summed E-state index contributed by atoms with van der Waals surface area (Å²) in [5.41, 5.74) is 8.26. The highest BCUT2D eigenvalue weighted by Crippen LogP contribution is 2.46. The first-order chi connectivity index (χ1) is 21.3. The molecule has 2 nitrogen and oxygen atoms in total. The Morgan fingerprint density at radius 3 is 1.86 bits per heavy atom. The van der Waals surface area contributed by atoms with Gasteiger partial charge in [-0.25, -0.2) is 4.98 Å². The lowest BCUT2D eigenvalue weighted by molar-refractivity contribution is 1.00. The summed E-state index contributed by atoms with van der Waals surface area (Å²) in [5, 5.41) is 7.67. The minimum Gasteiger partial charge on any atom is -0.296 e. The van der Waals surface area contributed by atoms with Gasteiger partial charge in [-0.1, -0.05) is 103 Å². The van der Waals surface area contributed by atoms with Crippen molar-refractivity contribution >= 4 is 64.1 Å². The van der Waals surface area contributed by atoms with E-state index in [0.717, 1.165) is 22.5 Å². The summed E-state index contributed by atoms with van der Waals surface area (Å²) in [5.74, 6) is 0.982. The number of benzene rings is 7. The molecule has 0 aliphatic carbocycles. The summed E-state index contributed by atoms with van der Waals surface area (Å²) in [6.07, 6.45) is 0. The zero-order chi connectivity index (χ0) is 28.5. The van der Waals surface area contributed by atoms with Crippen molar-refractivity contribution in [3.05, 3.63) is 145 Å². The molecule has 9 rings (SSSR count). The van der Waals surface area contributed by atoms with Crippen LogP contribution in [0.25, 0.3) is 80.7 Å². The summed E-state index contributed by atoms with van der Waals surface area (Å²) in [6.45, 7) is 2.10. The third-order valence-corrected chi connectivity index (χ3v) is 9.89. The van der Waals surface area contributed by atoms with Gasteiger partial charge in [0.1, 0.15) is 5.82 Å². The first-order valence-corrected chi connectivity index (χ1v) is 15.5. The maximum atomic E-state index is 4.91. The fraction of sp³-hybridized carbons (Fsp3) is 0.0250. The van der Waals surface area contributed by atoms with Crippen molar-refractivity contribution in [3.8, 4) is 27.9 Å². The van der Waals surface area contributed by atoms with Crippen LogP contribution in [0, 0.1) is 6.92 Å². The van der Waals surface area contributed by atoms with Gasteiger partial charge in [0.2, 0.25) is 0 Å². The number of fused-ring (bicyclic) bond motifs is 6. The van der Waals surface area contributed by atoms with Crippen LogP contribution >= 0.6 is 11.3 Å². The number of rotatable bonds is 3. The van der Waals surface area contributed by atoms with Gasteiger partial charge in [-0.15, -0.1) is 11.3 Å². The third-order valence-electron chi connectivity index (χ3n) is 8.74. The number of hydrogen-bond acceptors (Lipinski definition) is 2. The van der Waals surface area contributed by atoms with Gasteiger partial charge < -0.3 is 0 Å². The van der Waals surface area contributed by atoms with Crippen molar-refractivity contribution in [2.24, 2.45) is 0 Å². The molecule has 2 heterocycles. The Kier molecular flexibility index (Phi) is 5.32. The van der Waals surface area contributed by atoms with Crippen molar-refractivity contribution in [2.75, 3.05) is 0 Å². The van der Waals surface area contributed by atoms with Gasteiger partial charge in [-0.3, -0.25) is 4.57 Å². The molecule has 0 spiro atoms. The highest BCUT2D eigenvalue weighted by molar-refractivity contribution is 7.25. The normalized spacial score (nSPS) is 11.8. The maximum absolute atomic E-state index is 4.91. The van der Waals surface area contributed by atoms with E-state index in [-0.39, 0.29) is 0 Å². The molecular weight excluding hydrogens is 541 g/mol. The second-order valence-corrected chi connectivity index (χ2v) is 12.2. The molecule has 2 aromatic heterocycles. The van der Waals surface area contributed by atoms with Crippen molar-refractivity contribution in [1.82, 2.24) is 9.55 Å². The average molecular weight is 567 g/mol. The van der Waals surface area contributed by atoms with E-state index in [1.807, 2.05) is 11.3 Å². The largest absolute Gasteiger partial charge is 0.296 e. The number of para-hydroxylation sites is 3. The summed E-state index contributed by atoms with van der Waals surface area (Å²) >= 11 is 1.87. The molecule has 0 saturated heterocycles. The highest BCUT2D eigenvalue weighted by atomic mass is 32.1. The maximum Gasteiger partial charge on any atom is 0.111 e. The number of thiophene rings is 1. The molecule has 3 heteroatoms. The lowest BCUT2D eigenvalue weighted by atomic mass is 9.85. The van der Waals surface area contributed by atoms with Crippen molar-refractivity contribution < 1.29 is 0 Å². The number of hydrogen-bond donors (Lipinski definition) is 0. The Bertz CT molecular complexity index is 2470. The van der Waals surface area contributed by atoms with E-state index < -0.39 is 0 Å². The van der Waals surface area contributed by atoms with E-state index in [0.29, 0.717) is 0 Å². The molecule has 0 fully saturated rings. The van der Waals surface area contributed by atoms with Crippen LogP contribution < -0.4 is 0 Å². The Hall–Kier alpha value is -5.25. The molecular formula is C40H26N2S. The zero-order valence-corrected chi connectivity index (χ0v) is 24.4. The molecule has 0 aliphatic rings. The fourth-order valence-electron chi connectivity index (χ4n) is 6.94. The summed E-state index contributed by atoms with van der Waals surface area (Å²) in [4.78, 5) is 4.91. The SMILES string of the molecule is Cc1nc2ccccc2n1-c1ccccc1-c1c2ccccc2c(-c2ccc3sc4ccccc4c3c2)c2ccccc12. The predicted octanol–water partition coefficient (Wildman–Crippen LogP) is 11.3. The van der Waals surface area contributed by atoms with Gasteiger partial charge >= 0.3 is 0 Å². The minimum atomic E-state index is 0.982. The Labute approximate surface area is 253 Å². The minimum absolute atomic E-state index is 0.982.